The molecule has 0 saturated heterocycles. The van der Waals surface area contributed by atoms with Crippen molar-refractivity contribution in [2.24, 2.45) is 0 Å². The largest absolute Gasteiger partial charge is 0.493 e. The van der Waals surface area contributed by atoms with E-state index in [2.05, 4.69) is 10.6 Å². The van der Waals surface area contributed by atoms with Crippen LogP contribution in [-0.2, 0) is 9.59 Å². The third kappa shape index (κ3) is 3.82. The highest BCUT2D eigenvalue weighted by Gasteiger charge is 2.26. The Balaban J connectivity index is 1.95. The van der Waals surface area contributed by atoms with Gasteiger partial charge in [-0.3, -0.25) is 19.7 Å². The van der Waals surface area contributed by atoms with Crippen LogP contribution in [-0.4, -0.2) is 38.5 Å². The van der Waals surface area contributed by atoms with E-state index >= 15 is 0 Å². The van der Waals surface area contributed by atoms with Crippen LogP contribution < -0.4 is 20.1 Å². The molecule has 7 nitrogen and oxygen atoms in total. The molecule has 138 valence electrons. The number of methoxy groups -OCH3 is 1. The second kappa shape index (κ2) is 7.74. The predicted molar refractivity (Wildman–Crippen MR) is 99.3 cm³/mol. The molecular formula is C20H18N2O5. The molecule has 27 heavy (non-hydrogen) atoms. The van der Waals surface area contributed by atoms with E-state index in [0.717, 1.165) is 0 Å². The van der Waals surface area contributed by atoms with Gasteiger partial charge in [0, 0.05) is 18.2 Å². The number of nitrogens with one attached hydrogen (secondary N) is 2. The monoisotopic (exact) mass is 366 g/mol. The molecule has 1 aliphatic heterocycles. The summed E-state index contributed by atoms with van der Waals surface area (Å²) in [5, 5.41) is 4.81. The minimum atomic E-state index is -0.461. The van der Waals surface area contributed by atoms with Gasteiger partial charge in [0.15, 0.2) is 18.1 Å². The van der Waals surface area contributed by atoms with Crippen molar-refractivity contribution in [2.45, 2.75) is 0 Å². The Hall–Kier alpha value is -3.61. The average molecular weight is 366 g/mol. The first kappa shape index (κ1) is 18.2. The SMILES string of the molecule is CNC(=O)COc1ccc(C=C2C(=O)NC(=O)c3ccccc32)cc1OC. The van der Waals surface area contributed by atoms with Gasteiger partial charge in [-0.15, -0.1) is 0 Å². The van der Waals surface area contributed by atoms with Gasteiger partial charge < -0.3 is 14.8 Å². The molecule has 1 aliphatic rings. The molecule has 7 heteroatoms. The third-order valence-electron chi connectivity index (χ3n) is 4.07. The van der Waals surface area contributed by atoms with Crippen LogP contribution in [0.5, 0.6) is 11.5 Å². The summed E-state index contributed by atoms with van der Waals surface area (Å²) in [6.45, 7) is -0.134. The molecule has 0 unspecified atom stereocenters. The summed E-state index contributed by atoms with van der Waals surface area (Å²) < 4.78 is 10.7. The smallest absolute Gasteiger partial charge is 0.258 e. The lowest BCUT2D eigenvalue weighted by Crippen LogP contribution is -2.36. The van der Waals surface area contributed by atoms with Crippen LogP contribution in [0.2, 0.25) is 0 Å². The number of hydrogen-bond acceptors (Lipinski definition) is 5. The second-order valence-corrected chi connectivity index (χ2v) is 5.76. The maximum Gasteiger partial charge on any atom is 0.258 e. The number of rotatable bonds is 5. The fourth-order valence-corrected chi connectivity index (χ4v) is 2.69. The number of likely N-dealkylation sites (N-methyl/N-ethyl adjacent to an activating group) is 1. The standard InChI is InChI=1S/C20H18N2O5/c1-21-18(23)11-27-16-8-7-12(10-17(16)26-2)9-15-13-5-3-4-6-14(13)19(24)22-20(15)25/h3-10H,11H2,1-2H3,(H,21,23)(H,22,24,25). The summed E-state index contributed by atoms with van der Waals surface area (Å²) >= 11 is 0. The molecule has 2 aromatic carbocycles. The minimum absolute atomic E-state index is 0.134. The normalized spacial score (nSPS) is 14.4. The van der Waals surface area contributed by atoms with Crippen molar-refractivity contribution in [3.05, 3.63) is 59.2 Å². The lowest BCUT2D eigenvalue weighted by molar-refractivity contribution is -0.122. The minimum Gasteiger partial charge on any atom is -0.493 e. The Morgan fingerprint density at radius 1 is 1.07 bits per heavy atom. The molecule has 0 bridgehead atoms. The summed E-state index contributed by atoms with van der Waals surface area (Å²) in [6, 6.07) is 12.0. The van der Waals surface area contributed by atoms with E-state index in [1.807, 2.05) is 0 Å². The highest BCUT2D eigenvalue weighted by molar-refractivity contribution is 6.33. The summed E-state index contributed by atoms with van der Waals surface area (Å²) in [7, 11) is 3.01. The van der Waals surface area contributed by atoms with Crippen molar-refractivity contribution in [3.8, 4) is 11.5 Å². The lowest BCUT2D eigenvalue weighted by atomic mass is 9.93. The number of fused-ring (bicyclic) bond motifs is 1. The number of carbonyl (C=O) groups is 3. The quantitative estimate of drug-likeness (QED) is 0.620. The van der Waals surface area contributed by atoms with Crippen LogP contribution in [0.4, 0.5) is 0 Å². The maximum atomic E-state index is 12.3. The van der Waals surface area contributed by atoms with Crippen LogP contribution in [0.15, 0.2) is 42.5 Å². The third-order valence-corrected chi connectivity index (χ3v) is 4.07. The highest BCUT2D eigenvalue weighted by atomic mass is 16.5. The van der Waals surface area contributed by atoms with Gasteiger partial charge in [0.05, 0.1) is 7.11 Å². The first-order chi connectivity index (χ1) is 13.0. The summed E-state index contributed by atoms with van der Waals surface area (Å²) in [6.07, 6.45) is 1.67. The van der Waals surface area contributed by atoms with E-state index in [1.54, 1.807) is 48.5 Å². The molecule has 1 heterocycles. The molecule has 0 fully saturated rings. The Morgan fingerprint density at radius 3 is 2.52 bits per heavy atom. The van der Waals surface area contributed by atoms with Gasteiger partial charge in [0.1, 0.15) is 0 Å². The summed E-state index contributed by atoms with van der Waals surface area (Å²) in [4.78, 5) is 35.6. The van der Waals surface area contributed by atoms with Crippen LogP contribution in [0.3, 0.4) is 0 Å². The van der Waals surface area contributed by atoms with Crippen molar-refractivity contribution >= 4 is 29.4 Å². The lowest BCUT2D eigenvalue weighted by Gasteiger charge is -2.18. The zero-order chi connectivity index (χ0) is 19.4. The van der Waals surface area contributed by atoms with E-state index in [-0.39, 0.29) is 12.5 Å². The second-order valence-electron chi connectivity index (χ2n) is 5.76. The van der Waals surface area contributed by atoms with Crippen LogP contribution in [0, 0.1) is 0 Å². The van der Waals surface area contributed by atoms with E-state index in [4.69, 9.17) is 9.47 Å². The average Bonchev–Trinajstić information content (AvgIpc) is 2.69. The first-order valence-corrected chi connectivity index (χ1v) is 8.21. The summed E-state index contributed by atoms with van der Waals surface area (Å²) in [5.74, 6) is -0.301. The molecule has 0 radical (unpaired) electrons. The molecule has 3 amide bonds. The van der Waals surface area contributed by atoms with Gasteiger partial charge in [0.2, 0.25) is 0 Å². The fourth-order valence-electron chi connectivity index (χ4n) is 2.69. The number of amides is 3. The van der Waals surface area contributed by atoms with E-state index < -0.39 is 11.8 Å². The molecule has 0 spiro atoms. The van der Waals surface area contributed by atoms with Gasteiger partial charge in [0.25, 0.3) is 17.7 Å². The van der Waals surface area contributed by atoms with Gasteiger partial charge in [-0.1, -0.05) is 24.3 Å². The molecular weight excluding hydrogens is 348 g/mol. The predicted octanol–water partition coefficient (Wildman–Crippen LogP) is 1.63. The topological polar surface area (TPSA) is 93.7 Å². The zero-order valence-corrected chi connectivity index (χ0v) is 14.9. The number of hydrogen-bond donors (Lipinski definition) is 2. The van der Waals surface area contributed by atoms with Crippen molar-refractivity contribution < 1.29 is 23.9 Å². The van der Waals surface area contributed by atoms with Crippen molar-refractivity contribution in [3.63, 3.8) is 0 Å². The molecule has 0 saturated carbocycles. The van der Waals surface area contributed by atoms with Gasteiger partial charge in [-0.2, -0.15) is 0 Å². The highest BCUT2D eigenvalue weighted by Crippen LogP contribution is 2.31. The van der Waals surface area contributed by atoms with Crippen molar-refractivity contribution in [1.29, 1.82) is 0 Å². The molecule has 0 aliphatic carbocycles. The zero-order valence-electron chi connectivity index (χ0n) is 14.9. The van der Waals surface area contributed by atoms with Crippen LogP contribution in [0.1, 0.15) is 21.5 Å². The van der Waals surface area contributed by atoms with Crippen molar-refractivity contribution in [1.82, 2.24) is 10.6 Å². The molecule has 0 atom stereocenters. The molecule has 0 aromatic heterocycles. The van der Waals surface area contributed by atoms with Gasteiger partial charge in [-0.25, -0.2) is 0 Å². The number of benzene rings is 2. The van der Waals surface area contributed by atoms with Crippen LogP contribution in [0.25, 0.3) is 11.6 Å². The van der Waals surface area contributed by atoms with Crippen LogP contribution >= 0.6 is 0 Å². The van der Waals surface area contributed by atoms with Gasteiger partial charge >= 0.3 is 0 Å². The van der Waals surface area contributed by atoms with Crippen molar-refractivity contribution in [2.75, 3.05) is 20.8 Å². The van der Waals surface area contributed by atoms with E-state index in [9.17, 15) is 14.4 Å². The fraction of sp³-hybridized carbons (Fsp3) is 0.150. The van der Waals surface area contributed by atoms with Gasteiger partial charge in [-0.05, 0) is 35.4 Å². The van der Waals surface area contributed by atoms with E-state index in [1.165, 1.54) is 14.2 Å². The number of ether oxygens (including phenoxy) is 2. The molecule has 3 rings (SSSR count). The molecule has 2 N–H and O–H groups in total. The Bertz CT molecular complexity index is 949. The molecule has 2 aromatic rings. The number of imide groups is 1. The first-order valence-electron chi connectivity index (χ1n) is 8.21. The number of carbonyl (C=O) groups excluding carboxylic acids is 3. The Labute approximate surface area is 156 Å². The Morgan fingerprint density at radius 2 is 1.81 bits per heavy atom. The maximum absolute atomic E-state index is 12.3. The van der Waals surface area contributed by atoms with E-state index in [0.29, 0.717) is 33.8 Å². The summed E-state index contributed by atoms with van der Waals surface area (Å²) in [5.41, 5.74) is 2.09. The Kier molecular flexibility index (Phi) is 5.21.